The second kappa shape index (κ2) is 7.33. The number of nitrogens with zero attached hydrogens (tertiary/aromatic N) is 2. The molecule has 5 rings (SSSR count). The number of benzene rings is 1. The molecule has 160 valence electrons. The summed E-state index contributed by atoms with van der Waals surface area (Å²) >= 11 is 9.00. The number of aryl methyl sites for hydroxylation is 1. The van der Waals surface area contributed by atoms with E-state index in [0.717, 1.165) is 32.7 Å². The molecule has 3 aromatic heterocycles. The molecule has 0 saturated carbocycles. The van der Waals surface area contributed by atoms with E-state index >= 15 is 0 Å². The summed E-state index contributed by atoms with van der Waals surface area (Å²) in [7, 11) is -3.16. The maximum absolute atomic E-state index is 12.2. The minimum absolute atomic E-state index is 0.0190. The van der Waals surface area contributed by atoms with Crippen LogP contribution in [0, 0.1) is 0 Å². The predicted octanol–water partition coefficient (Wildman–Crippen LogP) is 3.77. The van der Waals surface area contributed by atoms with E-state index in [-0.39, 0.29) is 34.6 Å². The number of hydrogen-bond acceptors (Lipinski definition) is 8. The Morgan fingerprint density at radius 3 is 2.61 bits per heavy atom. The van der Waals surface area contributed by atoms with Crippen molar-refractivity contribution in [3.63, 3.8) is 0 Å². The second-order valence-corrected chi connectivity index (χ2v) is 11.7. The zero-order valence-corrected chi connectivity index (χ0v) is 19.0. The molecule has 4 heterocycles. The first-order valence-electron chi connectivity index (χ1n) is 9.23. The molecule has 4 aromatic rings. The van der Waals surface area contributed by atoms with Gasteiger partial charge in [-0.25, -0.2) is 13.4 Å². The minimum Gasteiger partial charge on any atom is -0.508 e. The number of aromatic nitrogens is 2. The first-order chi connectivity index (χ1) is 14.7. The van der Waals surface area contributed by atoms with Crippen LogP contribution in [-0.2, 0) is 28.6 Å². The van der Waals surface area contributed by atoms with Gasteiger partial charge >= 0.3 is 4.87 Å². The van der Waals surface area contributed by atoms with Crippen LogP contribution >= 0.6 is 34.3 Å². The number of halogens is 1. The van der Waals surface area contributed by atoms with Crippen LogP contribution in [-0.4, -0.2) is 33.9 Å². The molecule has 0 spiro atoms. The maximum Gasteiger partial charge on any atom is 0.310 e. The van der Waals surface area contributed by atoms with Crippen LogP contribution < -0.4 is 4.87 Å². The van der Waals surface area contributed by atoms with Gasteiger partial charge in [0.15, 0.2) is 9.84 Å². The largest absolute Gasteiger partial charge is 0.508 e. The second-order valence-electron chi connectivity index (χ2n) is 7.27. The van der Waals surface area contributed by atoms with E-state index in [1.807, 2.05) is 0 Å². The van der Waals surface area contributed by atoms with Gasteiger partial charge in [0.25, 0.3) is 0 Å². The van der Waals surface area contributed by atoms with E-state index in [1.54, 1.807) is 24.3 Å². The summed E-state index contributed by atoms with van der Waals surface area (Å²) in [5.41, 5.74) is 2.75. The van der Waals surface area contributed by atoms with E-state index in [4.69, 9.17) is 11.6 Å². The van der Waals surface area contributed by atoms with E-state index in [9.17, 15) is 23.4 Å². The van der Waals surface area contributed by atoms with Crippen molar-refractivity contribution in [2.45, 2.75) is 18.7 Å². The molecule has 0 radical (unpaired) electrons. The first-order valence-corrected chi connectivity index (χ1v) is 13.1. The fourth-order valence-electron chi connectivity index (χ4n) is 3.79. The van der Waals surface area contributed by atoms with Crippen molar-refractivity contribution in [3.8, 4) is 22.8 Å². The lowest BCUT2D eigenvalue weighted by Gasteiger charge is -2.16. The summed E-state index contributed by atoms with van der Waals surface area (Å²) in [4.78, 5) is 17.8. The Morgan fingerprint density at radius 2 is 1.94 bits per heavy atom. The van der Waals surface area contributed by atoms with Gasteiger partial charge in [0, 0.05) is 15.8 Å². The Bertz CT molecular complexity index is 1500. The Labute approximate surface area is 189 Å². The summed E-state index contributed by atoms with van der Waals surface area (Å²) in [5.74, 6) is -0.0246. The van der Waals surface area contributed by atoms with Gasteiger partial charge in [-0.3, -0.25) is 9.36 Å². The van der Waals surface area contributed by atoms with E-state index in [2.05, 4.69) is 4.98 Å². The van der Waals surface area contributed by atoms with Crippen molar-refractivity contribution < 1.29 is 18.6 Å². The van der Waals surface area contributed by atoms with E-state index in [0.29, 0.717) is 27.5 Å². The number of aromatic hydroxyl groups is 2. The first kappa shape index (κ1) is 20.5. The summed E-state index contributed by atoms with van der Waals surface area (Å²) < 4.78 is 25.5. The lowest BCUT2D eigenvalue weighted by molar-refractivity contribution is 0.421. The zero-order chi connectivity index (χ0) is 21.9. The van der Waals surface area contributed by atoms with Crippen LogP contribution in [0.1, 0.15) is 16.1 Å². The Kier molecular flexibility index (Phi) is 4.85. The molecule has 0 unspecified atom stereocenters. The quantitative estimate of drug-likeness (QED) is 0.448. The fourth-order valence-corrected chi connectivity index (χ4v) is 7.77. The number of sulfone groups is 1. The lowest BCUT2D eigenvalue weighted by Crippen LogP contribution is -2.17. The summed E-state index contributed by atoms with van der Waals surface area (Å²) in [6.45, 7) is -0.0190. The topological polar surface area (TPSA) is 109 Å². The van der Waals surface area contributed by atoms with Crippen molar-refractivity contribution in [1.82, 2.24) is 9.55 Å². The van der Waals surface area contributed by atoms with Gasteiger partial charge in [0.2, 0.25) is 5.88 Å². The van der Waals surface area contributed by atoms with Gasteiger partial charge in [0.1, 0.15) is 10.6 Å². The van der Waals surface area contributed by atoms with Crippen LogP contribution in [0.25, 0.3) is 21.3 Å². The molecule has 11 heteroatoms. The van der Waals surface area contributed by atoms with Gasteiger partial charge in [-0.15, -0.1) is 11.3 Å². The van der Waals surface area contributed by atoms with E-state index in [1.165, 1.54) is 21.3 Å². The Balaban J connectivity index is 1.79. The van der Waals surface area contributed by atoms with Gasteiger partial charge in [0.05, 0.1) is 34.1 Å². The predicted molar refractivity (Wildman–Crippen MR) is 122 cm³/mol. The molecule has 0 aliphatic carbocycles. The highest BCUT2D eigenvalue weighted by Gasteiger charge is 2.29. The number of thiophene rings is 1. The van der Waals surface area contributed by atoms with Crippen molar-refractivity contribution in [2.24, 2.45) is 0 Å². The van der Waals surface area contributed by atoms with Gasteiger partial charge in [-0.2, -0.15) is 0 Å². The van der Waals surface area contributed by atoms with Crippen LogP contribution in [0.5, 0.6) is 11.6 Å². The standard InChI is InChI=1S/C20H15ClN2O5S3/c21-18-13(7-23-15(25)8-29-20(23)26)22-19-17(16(18)10-1-3-11(24)4-2-10)12-5-6-31(27,28)9-14(12)30-19/h1-4,8,24-25H,5-7,9H2. The number of hydrogen-bond donors (Lipinski definition) is 2. The molecule has 1 aliphatic heterocycles. The molecular formula is C20H15ClN2O5S3. The third kappa shape index (κ3) is 3.53. The number of phenolic OH excluding ortho intramolecular Hbond substituents is 1. The van der Waals surface area contributed by atoms with Gasteiger partial charge in [-0.1, -0.05) is 35.1 Å². The molecule has 7 nitrogen and oxygen atoms in total. The molecule has 2 N–H and O–H groups in total. The monoisotopic (exact) mass is 494 g/mol. The number of thiazole rings is 1. The maximum atomic E-state index is 12.2. The molecule has 0 amide bonds. The lowest BCUT2D eigenvalue weighted by atomic mass is 9.97. The normalized spacial score (nSPS) is 15.3. The molecular weight excluding hydrogens is 480 g/mol. The van der Waals surface area contributed by atoms with Gasteiger partial charge in [-0.05, 0) is 29.7 Å². The molecule has 0 saturated heterocycles. The highest BCUT2D eigenvalue weighted by molar-refractivity contribution is 7.90. The molecule has 0 bridgehead atoms. The molecule has 1 aliphatic rings. The fraction of sp³-hybridized carbons (Fsp3) is 0.200. The van der Waals surface area contributed by atoms with Crippen LogP contribution in [0.4, 0.5) is 0 Å². The van der Waals surface area contributed by atoms with E-state index < -0.39 is 9.84 Å². The highest BCUT2D eigenvalue weighted by Crippen LogP contribution is 2.45. The van der Waals surface area contributed by atoms with Crippen molar-refractivity contribution >= 4 is 54.3 Å². The zero-order valence-electron chi connectivity index (χ0n) is 15.8. The highest BCUT2D eigenvalue weighted by atomic mass is 35.5. The number of fused-ring (bicyclic) bond motifs is 3. The van der Waals surface area contributed by atoms with Crippen molar-refractivity contribution in [2.75, 3.05) is 5.75 Å². The average molecular weight is 495 g/mol. The Morgan fingerprint density at radius 1 is 1.19 bits per heavy atom. The minimum atomic E-state index is -3.16. The van der Waals surface area contributed by atoms with Crippen LogP contribution in [0.15, 0.2) is 34.4 Å². The summed E-state index contributed by atoms with van der Waals surface area (Å²) in [6, 6.07) is 6.57. The summed E-state index contributed by atoms with van der Waals surface area (Å²) in [6.07, 6.45) is 0.380. The molecule has 0 fully saturated rings. The van der Waals surface area contributed by atoms with Crippen LogP contribution in [0.3, 0.4) is 0 Å². The number of rotatable bonds is 3. The van der Waals surface area contributed by atoms with Crippen molar-refractivity contribution in [3.05, 3.63) is 60.5 Å². The molecule has 1 aromatic carbocycles. The van der Waals surface area contributed by atoms with Crippen LogP contribution in [0.2, 0.25) is 5.02 Å². The summed E-state index contributed by atoms with van der Waals surface area (Å²) in [5, 5.41) is 22.2. The molecule has 31 heavy (non-hydrogen) atoms. The smallest absolute Gasteiger partial charge is 0.310 e. The Hall–Kier alpha value is -2.40. The van der Waals surface area contributed by atoms with Gasteiger partial charge < -0.3 is 10.2 Å². The third-order valence-corrected chi connectivity index (χ3v) is 9.29. The third-order valence-electron chi connectivity index (χ3n) is 5.27. The number of pyridine rings is 1. The average Bonchev–Trinajstić information content (AvgIpc) is 3.22. The molecule has 0 atom stereocenters. The number of phenols is 1. The SMILES string of the molecule is O=c1scc(O)n1Cc1nc2sc3c(c2c(-c2ccc(O)cc2)c1Cl)CCS(=O)(=O)C3. The van der Waals surface area contributed by atoms with Crippen molar-refractivity contribution in [1.29, 1.82) is 0 Å².